The summed E-state index contributed by atoms with van der Waals surface area (Å²) in [5, 5.41) is 11.6. The van der Waals surface area contributed by atoms with Crippen molar-refractivity contribution >= 4 is 11.9 Å². The second-order valence-electron chi connectivity index (χ2n) is 4.40. The number of carboxylic acids is 1. The van der Waals surface area contributed by atoms with Gasteiger partial charge in [-0.1, -0.05) is 6.07 Å². The second-order valence-corrected chi connectivity index (χ2v) is 4.40. The van der Waals surface area contributed by atoms with E-state index in [9.17, 15) is 9.59 Å². The van der Waals surface area contributed by atoms with Crippen LogP contribution in [0.25, 0.3) is 11.3 Å². The van der Waals surface area contributed by atoms with Crippen LogP contribution in [0.4, 0.5) is 0 Å². The summed E-state index contributed by atoms with van der Waals surface area (Å²) in [5.74, 6) is -1.41. The minimum Gasteiger partial charge on any atom is -0.478 e. The highest BCUT2D eigenvalue weighted by molar-refractivity contribution is 5.99. The highest BCUT2D eigenvalue weighted by Crippen LogP contribution is 2.21. The van der Waals surface area contributed by atoms with Gasteiger partial charge in [-0.2, -0.15) is 0 Å². The number of carbonyl (C=O) groups excluding carboxylic acids is 1. The number of hydrogen-bond donors (Lipinski definition) is 2. The van der Waals surface area contributed by atoms with Crippen molar-refractivity contribution in [2.45, 2.75) is 6.92 Å². The topological polar surface area (TPSA) is 79.3 Å². The molecule has 5 nitrogen and oxygen atoms in total. The van der Waals surface area contributed by atoms with Crippen LogP contribution in [0, 0.1) is 6.92 Å². The van der Waals surface area contributed by atoms with E-state index in [4.69, 9.17) is 5.11 Å². The van der Waals surface area contributed by atoms with E-state index in [1.54, 1.807) is 18.3 Å². The Labute approximate surface area is 116 Å². The van der Waals surface area contributed by atoms with Gasteiger partial charge in [-0.3, -0.25) is 9.78 Å². The van der Waals surface area contributed by atoms with Crippen molar-refractivity contribution in [3.63, 3.8) is 0 Å². The van der Waals surface area contributed by atoms with Crippen LogP contribution >= 0.6 is 0 Å². The predicted molar refractivity (Wildman–Crippen MR) is 74.8 cm³/mol. The third kappa shape index (κ3) is 2.83. The van der Waals surface area contributed by atoms with Crippen LogP contribution in [0.3, 0.4) is 0 Å². The minimum absolute atomic E-state index is 0.0588. The number of hydrogen-bond acceptors (Lipinski definition) is 3. The molecule has 0 aliphatic heterocycles. The molecule has 0 fully saturated rings. The van der Waals surface area contributed by atoms with Crippen LogP contribution in [0.1, 0.15) is 26.3 Å². The van der Waals surface area contributed by atoms with Crippen molar-refractivity contribution in [3.8, 4) is 11.3 Å². The predicted octanol–water partition coefficient (Wildman–Crippen LogP) is 2.11. The fourth-order valence-electron chi connectivity index (χ4n) is 1.81. The van der Waals surface area contributed by atoms with Crippen LogP contribution in [-0.2, 0) is 0 Å². The van der Waals surface area contributed by atoms with Gasteiger partial charge in [0.1, 0.15) is 0 Å². The smallest absolute Gasteiger partial charge is 0.335 e. The number of carbonyl (C=O) groups is 2. The highest BCUT2D eigenvalue weighted by Gasteiger charge is 2.12. The van der Waals surface area contributed by atoms with Gasteiger partial charge >= 0.3 is 5.97 Å². The molecule has 5 heteroatoms. The summed E-state index contributed by atoms with van der Waals surface area (Å²) in [6, 6.07) is 8.16. The molecule has 0 saturated heterocycles. The molecule has 1 aromatic carbocycles. The first-order chi connectivity index (χ1) is 9.51. The quantitative estimate of drug-likeness (QED) is 0.895. The van der Waals surface area contributed by atoms with E-state index in [1.807, 2.05) is 13.0 Å². The Balaban J connectivity index is 2.57. The number of rotatable bonds is 3. The second kappa shape index (κ2) is 5.52. The fraction of sp³-hybridized carbons (Fsp3) is 0.133. The van der Waals surface area contributed by atoms with Crippen molar-refractivity contribution in [2.75, 3.05) is 7.05 Å². The Morgan fingerprint density at radius 1 is 1.15 bits per heavy atom. The van der Waals surface area contributed by atoms with Crippen molar-refractivity contribution in [2.24, 2.45) is 0 Å². The number of aryl methyl sites for hydroxylation is 1. The Morgan fingerprint density at radius 2 is 1.85 bits per heavy atom. The Kier molecular flexibility index (Phi) is 3.79. The van der Waals surface area contributed by atoms with Gasteiger partial charge in [0.2, 0.25) is 0 Å². The molecule has 2 N–H and O–H groups in total. The van der Waals surface area contributed by atoms with E-state index in [2.05, 4.69) is 10.3 Å². The Morgan fingerprint density at radius 3 is 2.40 bits per heavy atom. The summed E-state index contributed by atoms with van der Waals surface area (Å²) in [6.45, 7) is 1.92. The SMILES string of the molecule is CNC(=O)c1cc(C(=O)O)cc(-c2ccc(C)cn2)c1. The average Bonchev–Trinajstić information content (AvgIpc) is 2.46. The molecule has 0 unspecified atom stereocenters. The summed E-state index contributed by atoms with van der Waals surface area (Å²) < 4.78 is 0. The lowest BCUT2D eigenvalue weighted by Gasteiger charge is -2.07. The number of nitrogens with zero attached hydrogens (tertiary/aromatic N) is 1. The molecule has 1 amide bonds. The van der Waals surface area contributed by atoms with Crippen LogP contribution in [-0.4, -0.2) is 29.0 Å². The molecule has 2 aromatic rings. The maximum absolute atomic E-state index is 11.7. The van der Waals surface area contributed by atoms with E-state index >= 15 is 0 Å². The molecule has 20 heavy (non-hydrogen) atoms. The van der Waals surface area contributed by atoms with Crippen LogP contribution in [0.5, 0.6) is 0 Å². The maximum Gasteiger partial charge on any atom is 0.335 e. The van der Waals surface area contributed by atoms with Gasteiger partial charge in [0.05, 0.1) is 11.3 Å². The summed E-state index contributed by atoms with van der Waals surface area (Å²) >= 11 is 0. The van der Waals surface area contributed by atoms with E-state index in [-0.39, 0.29) is 11.5 Å². The van der Waals surface area contributed by atoms with Crippen molar-refractivity contribution in [3.05, 3.63) is 53.2 Å². The van der Waals surface area contributed by atoms with Crippen molar-refractivity contribution < 1.29 is 14.7 Å². The maximum atomic E-state index is 11.7. The molecule has 1 aromatic heterocycles. The molecular formula is C15H14N2O3. The van der Waals surface area contributed by atoms with Gasteiger partial charge in [-0.05, 0) is 36.8 Å². The van der Waals surface area contributed by atoms with Gasteiger partial charge in [0, 0.05) is 24.4 Å². The summed E-state index contributed by atoms with van der Waals surface area (Å²) in [4.78, 5) is 27.1. The first kappa shape index (κ1) is 13.7. The lowest BCUT2D eigenvalue weighted by molar-refractivity contribution is 0.0697. The summed E-state index contributed by atoms with van der Waals surface area (Å²) in [7, 11) is 1.50. The molecule has 1 heterocycles. The Hall–Kier alpha value is -2.69. The van der Waals surface area contributed by atoms with Crippen molar-refractivity contribution in [1.82, 2.24) is 10.3 Å². The minimum atomic E-state index is -1.08. The summed E-state index contributed by atoms with van der Waals surface area (Å²) in [5.41, 5.74) is 2.59. The standard InChI is InChI=1S/C15H14N2O3/c1-9-3-4-13(17-8-9)10-5-11(14(18)16-2)7-12(6-10)15(19)20/h3-8H,1-2H3,(H,16,18)(H,19,20). The molecule has 0 aliphatic carbocycles. The number of amides is 1. The number of carboxylic acid groups (broad SMARTS) is 1. The lowest BCUT2D eigenvalue weighted by Crippen LogP contribution is -2.18. The molecule has 0 atom stereocenters. The molecule has 0 spiro atoms. The van der Waals surface area contributed by atoms with E-state index in [0.717, 1.165) is 5.56 Å². The highest BCUT2D eigenvalue weighted by atomic mass is 16.4. The van der Waals surface area contributed by atoms with Crippen LogP contribution < -0.4 is 5.32 Å². The number of aromatic carboxylic acids is 1. The zero-order valence-electron chi connectivity index (χ0n) is 11.2. The monoisotopic (exact) mass is 270 g/mol. The van der Waals surface area contributed by atoms with Crippen LogP contribution in [0.15, 0.2) is 36.5 Å². The number of aromatic nitrogens is 1. The molecular weight excluding hydrogens is 256 g/mol. The Bertz CT molecular complexity index is 663. The van der Waals surface area contributed by atoms with E-state index < -0.39 is 5.97 Å². The average molecular weight is 270 g/mol. The number of pyridine rings is 1. The third-order valence-electron chi connectivity index (χ3n) is 2.88. The van der Waals surface area contributed by atoms with Crippen molar-refractivity contribution in [1.29, 1.82) is 0 Å². The molecule has 102 valence electrons. The normalized spacial score (nSPS) is 10.1. The lowest BCUT2D eigenvalue weighted by atomic mass is 10.0. The zero-order chi connectivity index (χ0) is 14.7. The summed E-state index contributed by atoms with van der Waals surface area (Å²) in [6.07, 6.45) is 1.70. The van der Waals surface area contributed by atoms with E-state index in [1.165, 1.54) is 19.2 Å². The largest absolute Gasteiger partial charge is 0.478 e. The number of nitrogens with one attached hydrogen (secondary N) is 1. The fourth-order valence-corrected chi connectivity index (χ4v) is 1.81. The van der Waals surface area contributed by atoms with Gasteiger partial charge < -0.3 is 10.4 Å². The van der Waals surface area contributed by atoms with Gasteiger partial charge in [-0.15, -0.1) is 0 Å². The number of benzene rings is 1. The molecule has 0 radical (unpaired) electrons. The molecule has 2 rings (SSSR count). The first-order valence-electron chi connectivity index (χ1n) is 6.05. The van der Waals surface area contributed by atoms with Crippen LogP contribution in [0.2, 0.25) is 0 Å². The van der Waals surface area contributed by atoms with Gasteiger partial charge in [0.25, 0.3) is 5.91 Å². The molecule has 0 aliphatic rings. The van der Waals surface area contributed by atoms with Gasteiger partial charge in [-0.25, -0.2) is 4.79 Å². The van der Waals surface area contributed by atoms with E-state index in [0.29, 0.717) is 16.8 Å². The zero-order valence-corrected chi connectivity index (χ0v) is 11.2. The third-order valence-corrected chi connectivity index (χ3v) is 2.88. The van der Waals surface area contributed by atoms with Gasteiger partial charge in [0.15, 0.2) is 0 Å². The molecule has 0 saturated carbocycles. The molecule has 0 bridgehead atoms. The first-order valence-corrected chi connectivity index (χ1v) is 6.05.